The molecule has 2 atom stereocenters. The van der Waals surface area contributed by atoms with E-state index in [1.54, 1.807) is 7.11 Å². The Hall–Kier alpha value is -0.940. The zero-order chi connectivity index (χ0) is 11.5. The molecule has 2 rings (SSSR count). The van der Waals surface area contributed by atoms with E-state index in [4.69, 9.17) is 16.3 Å². The zero-order valence-corrected chi connectivity index (χ0v) is 9.67. The van der Waals surface area contributed by atoms with Gasteiger partial charge >= 0.3 is 0 Å². The average Bonchev–Trinajstić information content (AvgIpc) is 2.71. The van der Waals surface area contributed by atoms with Crippen LogP contribution in [-0.4, -0.2) is 29.2 Å². The number of hydrogen-bond donors (Lipinski definition) is 1. The molecule has 1 aliphatic rings. The number of ether oxygens (including phenoxy) is 1. The second-order valence-corrected chi connectivity index (χ2v) is 4.19. The summed E-state index contributed by atoms with van der Waals surface area (Å²) in [6.07, 6.45) is 4.10. The van der Waals surface area contributed by atoms with E-state index in [2.05, 4.69) is 15.3 Å². The highest BCUT2D eigenvalue weighted by molar-refractivity contribution is 6.28. The van der Waals surface area contributed by atoms with Gasteiger partial charge in [-0.2, -0.15) is 4.98 Å². The number of anilines is 1. The second-order valence-electron chi connectivity index (χ2n) is 3.85. The molecule has 88 valence electrons. The molecule has 0 aromatic carbocycles. The third kappa shape index (κ3) is 2.59. The van der Waals surface area contributed by atoms with Crippen molar-refractivity contribution in [2.24, 2.45) is 0 Å². The lowest BCUT2D eigenvalue weighted by molar-refractivity contribution is 0.108. The van der Waals surface area contributed by atoms with Gasteiger partial charge in [-0.15, -0.1) is 0 Å². The molecule has 0 spiro atoms. The molecule has 0 saturated heterocycles. The van der Waals surface area contributed by atoms with Gasteiger partial charge in [0.2, 0.25) is 5.28 Å². The Kier molecular flexibility index (Phi) is 3.56. The average molecular weight is 246 g/mol. The summed E-state index contributed by atoms with van der Waals surface area (Å²) in [6, 6.07) is 0.186. The molecular weight excluding hydrogens is 233 g/mol. The number of halogens is 2. The number of aromatic nitrogens is 2. The molecule has 1 heterocycles. The van der Waals surface area contributed by atoms with E-state index in [1.165, 1.54) is 0 Å². The molecule has 6 heteroatoms. The molecule has 0 amide bonds. The molecule has 0 bridgehead atoms. The van der Waals surface area contributed by atoms with Gasteiger partial charge in [-0.3, -0.25) is 0 Å². The van der Waals surface area contributed by atoms with E-state index < -0.39 is 5.82 Å². The predicted octanol–water partition coefficient (Wildman–Crippen LogP) is 2.25. The van der Waals surface area contributed by atoms with Crippen LogP contribution in [0.4, 0.5) is 10.2 Å². The molecule has 1 fully saturated rings. The van der Waals surface area contributed by atoms with Crippen molar-refractivity contribution in [3.63, 3.8) is 0 Å². The van der Waals surface area contributed by atoms with Crippen molar-refractivity contribution in [2.75, 3.05) is 12.4 Å². The van der Waals surface area contributed by atoms with E-state index in [1.807, 2.05) is 0 Å². The Balaban J connectivity index is 2.01. The summed E-state index contributed by atoms with van der Waals surface area (Å²) in [7, 11) is 1.69. The van der Waals surface area contributed by atoms with Gasteiger partial charge in [0.15, 0.2) is 11.6 Å². The minimum Gasteiger partial charge on any atom is -0.381 e. The van der Waals surface area contributed by atoms with Crippen LogP contribution in [0, 0.1) is 5.82 Å². The molecule has 1 N–H and O–H groups in total. The van der Waals surface area contributed by atoms with E-state index in [9.17, 15) is 4.39 Å². The Labute approximate surface area is 98.2 Å². The molecule has 1 aliphatic carbocycles. The maximum absolute atomic E-state index is 13.3. The van der Waals surface area contributed by atoms with Gasteiger partial charge in [0.25, 0.3) is 0 Å². The van der Waals surface area contributed by atoms with E-state index in [0.29, 0.717) is 0 Å². The lowest BCUT2D eigenvalue weighted by Gasteiger charge is -2.13. The summed E-state index contributed by atoms with van der Waals surface area (Å²) in [5.74, 6) is -0.313. The molecule has 0 radical (unpaired) electrons. The van der Waals surface area contributed by atoms with Crippen LogP contribution in [0.25, 0.3) is 0 Å². The maximum Gasteiger partial charge on any atom is 0.224 e. The van der Waals surface area contributed by atoms with Crippen LogP contribution in [0.2, 0.25) is 5.28 Å². The summed E-state index contributed by atoms with van der Waals surface area (Å²) >= 11 is 5.60. The first-order valence-corrected chi connectivity index (χ1v) is 5.54. The molecule has 1 aromatic heterocycles. The minimum absolute atomic E-state index is 0.0465. The van der Waals surface area contributed by atoms with Crippen LogP contribution < -0.4 is 5.32 Å². The Bertz CT molecular complexity index is 377. The summed E-state index contributed by atoms with van der Waals surface area (Å²) in [5.41, 5.74) is 0. The zero-order valence-electron chi connectivity index (χ0n) is 8.91. The molecule has 1 aromatic rings. The fourth-order valence-corrected chi connectivity index (χ4v) is 2.06. The van der Waals surface area contributed by atoms with Crippen molar-refractivity contribution in [1.29, 1.82) is 0 Å². The molecule has 4 nitrogen and oxygen atoms in total. The summed E-state index contributed by atoms with van der Waals surface area (Å²) < 4.78 is 18.6. The van der Waals surface area contributed by atoms with Gasteiger partial charge in [-0.1, -0.05) is 0 Å². The van der Waals surface area contributed by atoms with Crippen LogP contribution in [0.3, 0.4) is 0 Å². The quantitative estimate of drug-likeness (QED) is 0.830. The predicted molar refractivity (Wildman–Crippen MR) is 59.1 cm³/mol. The normalized spacial score (nSPS) is 24.7. The summed E-state index contributed by atoms with van der Waals surface area (Å²) in [6.45, 7) is 0. The highest BCUT2D eigenvalue weighted by Gasteiger charge is 2.25. The summed E-state index contributed by atoms with van der Waals surface area (Å²) in [5, 5.41) is 3.07. The van der Waals surface area contributed by atoms with Crippen LogP contribution in [0.15, 0.2) is 6.20 Å². The first-order chi connectivity index (χ1) is 7.69. The van der Waals surface area contributed by atoms with Crippen LogP contribution >= 0.6 is 11.6 Å². The SMILES string of the molecule is COC1CCC(Nc2nc(Cl)ncc2F)C1. The number of nitrogens with one attached hydrogen (secondary N) is 1. The second kappa shape index (κ2) is 4.93. The summed E-state index contributed by atoms with van der Waals surface area (Å²) in [4.78, 5) is 7.37. The standard InChI is InChI=1S/C10H13ClFN3O/c1-16-7-3-2-6(4-7)14-9-8(12)5-13-10(11)15-9/h5-7H,2-4H2,1H3,(H,13,14,15). The fraction of sp³-hybridized carbons (Fsp3) is 0.600. The molecule has 0 aliphatic heterocycles. The maximum atomic E-state index is 13.3. The van der Waals surface area contributed by atoms with Gasteiger partial charge in [0.1, 0.15) is 0 Å². The minimum atomic E-state index is -0.481. The molecule has 2 unspecified atom stereocenters. The topological polar surface area (TPSA) is 47.0 Å². The van der Waals surface area contributed by atoms with Crippen LogP contribution in [0.1, 0.15) is 19.3 Å². The number of rotatable bonds is 3. The van der Waals surface area contributed by atoms with Gasteiger partial charge < -0.3 is 10.1 Å². The van der Waals surface area contributed by atoms with Crippen molar-refractivity contribution in [1.82, 2.24) is 9.97 Å². The van der Waals surface area contributed by atoms with Gasteiger partial charge in [-0.25, -0.2) is 9.37 Å². The highest BCUT2D eigenvalue weighted by atomic mass is 35.5. The fourth-order valence-electron chi connectivity index (χ4n) is 1.93. The Morgan fingerprint density at radius 1 is 1.56 bits per heavy atom. The van der Waals surface area contributed by atoms with Gasteiger partial charge in [-0.05, 0) is 30.9 Å². The van der Waals surface area contributed by atoms with E-state index in [-0.39, 0.29) is 23.2 Å². The number of methoxy groups -OCH3 is 1. The Morgan fingerprint density at radius 2 is 2.38 bits per heavy atom. The van der Waals surface area contributed by atoms with Crippen LogP contribution in [0.5, 0.6) is 0 Å². The van der Waals surface area contributed by atoms with Crippen molar-refractivity contribution < 1.29 is 9.13 Å². The van der Waals surface area contributed by atoms with Crippen LogP contribution in [-0.2, 0) is 4.74 Å². The van der Waals surface area contributed by atoms with E-state index in [0.717, 1.165) is 25.5 Å². The molecular formula is C10H13ClFN3O. The van der Waals surface area contributed by atoms with Crippen molar-refractivity contribution in [3.05, 3.63) is 17.3 Å². The van der Waals surface area contributed by atoms with Gasteiger partial charge in [0.05, 0.1) is 12.3 Å². The van der Waals surface area contributed by atoms with Crippen molar-refractivity contribution in [2.45, 2.75) is 31.4 Å². The van der Waals surface area contributed by atoms with E-state index >= 15 is 0 Å². The molecule has 1 saturated carbocycles. The highest BCUT2D eigenvalue weighted by Crippen LogP contribution is 2.25. The first kappa shape index (κ1) is 11.5. The molecule has 16 heavy (non-hydrogen) atoms. The monoisotopic (exact) mass is 245 g/mol. The van der Waals surface area contributed by atoms with Crippen molar-refractivity contribution >= 4 is 17.4 Å². The first-order valence-electron chi connectivity index (χ1n) is 5.16. The largest absolute Gasteiger partial charge is 0.381 e. The lowest BCUT2D eigenvalue weighted by Crippen LogP contribution is -2.19. The Morgan fingerprint density at radius 3 is 3.06 bits per heavy atom. The number of hydrogen-bond acceptors (Lipinski definition) is 4. The third-order valence-electron chi connectivity index (χ3n) is 2.77. The van der Waals surface area contributed by atoms with Gasteiger partial charge in [0, 0.05) is 13.2 Å². The smallest absolute Gasteiger partial charge is 0.224 e. The lowest BCUT2D eigenvalue weighted by atomic mass is 10.2. The van der Waals surface area contributed by atoms with Crippen molar-refractivity contribution in [3.8, 4) is 0 Å². The number of nitrogens with zero attached hydrogens (tertiary/aromatic N) is 2. The third-order valence-corrected chi connectivity index (χ3v) is 2.96.